The van der Waals surface area contributed by atoms with Gasteiger partial charge in [0.1, 0.15) is 5.75 Å². The molecule has 0 aliphatic carbocycles. The number of benzene rings is 1. The Labute approximate surface area is 105 Å². The average molecular weight is 246 g/mol. The number of carbonyl (C=O) groups is 1. The number of nitrogens with zero attached hydrogens (tertiary/aromatic N) is 1. The minimum absolute atomic E-state index is 0.137. The molecule has 0 aliphatic rings. The molecule has 0 atom stereocenters. The van der Waals surface area contributed by atoms with Gasteiger partial charge in [-0.1, -0.05) is 0 Å². The quantitative estimate of drug-likeness (QED) is 0.838. The predicted octanol–water partition coefficient (Wildman–Crippen LogP) is 2.00. The van der Waals surface area contributed by atoms with Crippen LogP contribution in [-0.2, 0) is 4.74 Å². The van der Waals surface area contributed by atoms with Crippen LogP contribution in [0, 0.1) is 0 Å². The van der Waals surface area contributed by atoms with Gasteiger partial charge in [0.05, 0.1) is 24.9 Å². The second-order valence-corrected chi connectivity index (χ2v) is 3.71. The minimum Gasteiger partial charge on any atom is -0.497 e. The molecule has 2 N–H and O–H groups in total. The normalized spacial score (nSPS) is 10.3. The molecule has 0 unspecified atom stereocenters. The third-order valence-corrected chi connectivity index (χ3v) is 2.52. The van der Waals surface area contributed by atoms with Crippen molar-refractivity contribution in [3.8, 4) is 5.75 Å². The van der Waals surface area contributed by atoms with E-state index >= 15 is 0 Å². The van der Waals surface area contributed by atoms with E-state index in [4.69, 9.17) is 15.2 Å². The van der Waals surface area contributed by atoms with Gasteiger partial charge in [-0.25, -0.2) is 9.78 Å². The van der Waals surface area contributed by atoms with Gasteiger partial charge in [0, 0.05) is 11.5 Å². The summed E-state index contributed by atoms with van der Waals surface area (Å²) in [5.41, 5.74) is 6.89. The maximum atomic E-state index is 11.7. The molecular weight excluding hydrogens is 232 g/mol. The lowest BCUT2D eigenvalue weighted by Crippen LogP contribution is -2.10. The average Bonchev–Trinajstić information content (AvgIpc) is 2.37. The van der Waals surface area contributed by atoms with E-state index in [1.165, 1.54) is 0 Å². The van der Waals surface area contributed by atoms with Crippen LogP contribution in [0.4, 0.5) is 5.69 Å². The van der Waals surface area contributed by atoms with E-state index in [0.29, 0.717) is 17.0 Å². The summed E-state index contributed by atoms with van der Waals surface area (Å²) in [7, 11) is 1.57. The van der Waals surface area contributed by atoms with Crippen molar-refractivity contribution in [3.05, 3.63) is 30.0 Å². The second kappa shape index (κ2) is 4.91. The zero-order valence-electron chi connectivity index (χ0n) is 10.3. The molecule has 94 valence electrons. The number of rotatable bonds is 3. The first kappa shape index (κ1) is 12.2. The number of fused-ring (bicyclic) bond motifs is 1. The number of ether oxygens (including phenoxy) is 2. The van der Waals surface area contributed by atoms with Gasteiger partial charge in [0.2, 0.25) is 0 Å². The molecule has 0 amide bonds. The summed E-state index contributed by atoms with van der Waals surface area (Å²) in [6, 6.07) is 7.10. The van der Waals surface area contributed by atoms with Crippen molar-refractivity contribution in [2.45, 2.75) is 6.92 Å². The van der Waals surface area contributed by atoms with Gasteiger partial charge in [0.25, 0.3) is 0 Å². The number of hydrogen-bond donors (Lipinski definition) is 1. The van der Waals surface area contributed by atoms with Crippen molar-refractivity contribution < 1.29 is 14.3 Å². The molecule has 0 spiro atoms. The fraction of sp³-hybridized carbons (Fsp3) is 0.231. The molecule has 1 heterocycles. The Morgan fingerprint density at radius 2 is 2.17 bits per heavy atom. The SMILES string of the molecule is CCOC(=O)c1nc2cc(OC)ccc2cc1N. The highest BCUT2D eigenvalue weighted by molar-refractivity contribution is 5.97. The summed E-state index contributed by atoms with van der Waals surface area (Å²) < 4.78 is 10.0. The summed E-state index contributed by atoms with van der Waals surface area (Å²) >= 11 is 0. The van der Waals surface area contributed by atoms with E-state index in [2.05, 4.69) is 4.98 Å². The van der Waals surface area contributed by atoms with Crippen LogP contribution in [-0.4, -0.2) is 24.7 Å². The van der Waals surface area contributed by atoms with Gasteiger partial charge in [0.15, 0.2) is 5.69 Å². The maximum Gasteiger partial charge on any atom is 0.359 e. The van der Waals surface area contributed by atoms with Gasteiger partial charge in [-0.3, -0.25) is 0 Å². The number of esters is 1. The van der Waals surface area contributed by atoms with E-state index in [0.717, 1.165) is 5.39 Å². The van der Waals surface area contributed by atoms with E-state index < -0.39 is 5.97 Å². The third-order valence-electron chi connectivity index (χ3n) is 2.52. The number of aromatic nitrogens is 1. The molecule has 0 saturated carbocycles. The number of nitrogens with two attached hydrogens (primary N) is 1. The Hall–Kier alpha value is -2.30. The zero-order chi connectivity index (χ0) is 13.1. The molecule has 2 rings (SSSR count). The van der Waals surface area contributed by atoms with Crippen LogP contribution < -0.4 is 10.5 Å². The first-order valence-corrected chi connectivity index (χ1v) is 5.57. The number of nitrogen functional groups attached to an aromatic ring is 1. The Morgan fingerprint density at radius 3 is 2.83 bits per heavy atom. The molecule has 0 bridgehead atoms. The van der Waals surface area contributed by atoms with Gasteiger partial charge in [-0.05, 0) is 25.1 Å². The number of carbonyl (C=O) groups excluding carboxylic acids is 1. The Morgan fingerprint density at radius 1 is 1.39 bits per heavy atom. The largest absolute Gasteiger partial charge is 0.497 e. The molecule has 0 fully saturated rings. The van der Waals surface area contributed by atoms with Gasteiger partial charge < -0.3 is 15.2 Å². The van der Waals surface area contributed by atoms with E-state index in [1.807, 2.05) is 12.1 Å². The van der Waals surface area contributed by atoms with Crippen LogP contribution in [0.25, 0.3) is 10.9 Å². The van der Waals surface area contributed by atoms with Crippen LogP contribution in [0.1, 0.15) is 17.4 Å². The van der Waals surface area contributed by atoms with Gasteiger partial charge >= 0.3 is 5.97 Å². The lowest BCUT2D eigenvalue weighted by Gasteiger charge is -2.07. The molecule has 1 aromatic heterocycles. The molecule has 2 aromatic rings. The van der Waals surface area contributed by atoms with E-state index in [1.54, 1.807) is 26.2 Å². The summed E-state index contributed by atoms with van der Waals surface area (Å²) in [4.78, 5) is 15.9. The number of pyridine rings is 1. The highest BCUT2D eigenvalue weighted by Crippen LogP contribution is 2.23. The Bertz CT molecular complexity index is 596. The third kappa shape index (κ3) is 2.20. The monoisotopic (exact) mass is 246 g/mol. The summed E-state index contributed by atoms with van der Waals surface area (Å²) in [5, 5.41) is 0.848. The van der Waals surface area contributed by atoms with Crippen LogP contribution in [0.2, 0.25) is 0 Å². The highest BCUT2D eigenvalue weighted by atomic mass is 16.5. The van der Waals surface area contributed by atoms with E-state index in [-0.39, 0.29) is 12.3 Å². The first-order valence-electron chi connectivity index (χ1n) is 5.57. The van der Waals surface area contributed by atoms with Crippen LogP contribution in [0.15, 0.2) is 24.3 Å². The molecule has 1 aromatic carbocycles. The molecule has 5 heteroatoms. The maximum absolute atomic E-state index is 11.7. The summed E-state index contributed by atoms with van der Waals surface area (Å²) in [6.45, 7) is 2.02. The van der Waals surface area contributed by atoms with Crippen molar-refractivity contribution in [2.24, 2.45) is 0 Å². The number of methoxy groups -OCH3 is 1. The summed E-state index contributed by atoms with van der Waals surface area (Å²) in [6.07, 6.45) is 0. The van der Waals surface area contributed by atoms with Crippen molar-refractivity contribution in [1.29, 1.82) is 0 Å². The standard InChI is InChI=1S/C13H14N2O3/c1-3-18-13(16)12-10(14)6-8-4-5-9(17-2)7-11(8)15-12/h4-7H,3,14H2,1-2H3. The fourth-order valence-electron chi connectivity index (χ4n) is 1.65. The van der Waals surface area contributed by atoms with Crippen molar-refractivity contribution in [1.82, 2.24) is 4.98 Å². The lowest BCUT2D eigenvalue weighted by molar-refractivity contribution is 0.0521. The van der Waals surface area contributed by atoms with Crippen molar-refractivity contribution in [2.75, 3.05) is 19.5 Å². The molecule has 5 nitrogen and oxygen atoms in total. The fourth-order valence-corrected chi connectivity index (χ4v) is 1.65. The van der Waals surface area contributed by atoms with Gasteiger partial charge in [-0.2, -0.15) is 0 Å². The van der Waals surface area contributed by atoms with Crippen LogP contribution >= 0.6 is 0 Å². The van der Waals surface area contributed by atoms with Crippen LogP contribution in [0.3, 0.4) is 0 Å². The Balaban J connectivity index is 2.54. The minimum atomic E-state index is -0.514. The van der Waals surface area contributed by atoms with Crippen molar-refractivity contribution >= 4 is 22.6 Å². The lowest BCUT2D eigenvalue weighted by atomic mass is 10.1. The van der Waals surface area contributed by atoms with E-state index in [9.17, 15) is 4.79 Å². The molecule has 0 aliphatic heterocycles. The topological polar surface area (TPSA) is 74.4 Å². The first-order chi connectivity index (χ1) is 8.65. The van der Waals surface area contributed by atoms with Gasteiger partial charge in [-0.15, -0.1) is 0 Å². The molecule has 0 saturated heterocycles. The van der Waals surface area contributed by atoms with Crippen LogP contribution in [0.5, 0.6) is 5.75 Å². The number of anilines is 1. The zero-order valence-corrected chi connectivity index (χ0v) is 10.3. The second-order valence-electron chi connectivity index (χ2n) is 3.71. The highest BCUT2D eigenvalue weighted by Gasteiger charge is 2.14. The summed E-state index contributed by atoms with van der Waals surface area (Å²) in [5.74, 6) is 0.161. The number of hydrogen-bond acceptors (Lipinski definition) is 5. The smallest absolute Gasteiger partial charge is 0.359 e. The molecule has 0 radical (unpaired) electrons. The van der Waals surface area contributed by atoms with Crippen molar-refractivity contribution in [3.63, 3.8) is 0 Å². The Kier molecular flexibility index (Phi) is 3.32. The molecule has 18 heavy (non-hydrogen) atoms. The predicted molar refractivity (Wildman–Crippen MR) is 68.7 cm³/mol. The molecular formula is C13H14N2O3.